The smallest absolute Gasteiger partial charge is 0.496 e. The highest BCUT2D eigenvalue weighted by molar-refractivity contribution is 7.92. The Labute approximate surface area is 261 Å². The van der Waals surface area contributed by atoms with E-state index in [1.165, 1.54) is 13.2 Å². The number of ether oxygens (including phenoxy) is 2. The van der Waals surface area contributed by atoms with Crippen molar-refractivity contribution in [2.45, 2.75) is 73.1 Å². The fraction of sp³-hybridized carbons (Fsp3) is 0.500. The van der Waals surface area contributed by atoms with Gasteiger partial charge in [0.05, 0.1) is 29.6 Å². The van der Waals surface area contributed by atoms with Gasteiger partial charge < -0.3 is 30.3 Å². The van der Waals surface area contributed by atoms with Gasteiger partial charge in [-0.1, -0.05) is 6.07 Å². The van der Waals surface area contributed by atoms with Gasteiger partial charge in [-0.3, -0.25) is 9.59 Å². The Morgan fingerprint density at radius 1 is 1.00 bits per heavy atom. The number of carbonyl (C=O) groups excluding carboxylic acids is 2. The summed E-state index contributed by atoms with van der Waals surface area (Å²) in [6.45, 7) is 0. The van der Waals surface area contributed by atoms with E-state index in [4.69, 9.17) is 9.47 Å². The van der Waals surface area contributed by atoms with Crippen LogP contribution in [0.5, 0.6) is 11.5 Å². The summed E-state index contributed by atoms with van der Waals surface area (Å²) in [5.74, 6) is -4.92. The Balaban J connectivity index is 1.32. The average Bonchev–Trinajstić information content (AvgIpc) is 3.60. The molecule has 2 aromatic carbocycles. The number of fused-ring (bicyclic) bond motifs is 2. The van der Waals surface area contributed by atoms with E-state index in [1.807, 2.05) is 0 Å². The summed E-state index contributed by atoms with van der Waals surface area (Å²) in [5, 5.41) is 24.8. The van der Waals surface area contributed by atoms with Crippen LogP contribution in [0, 0.1) is 23.6 Å². The van der Waals surface area contributed by atoms with Crippen LogP contribution in [-0.4, -0.2) is 66.8 Å². The molecule has 0 saturated heterocycles. The van der Waals surface area contributed by atoms with Crippen molar-refractivity contribution in [1.82, 2.24) is 5.32 Å². The summed E-state index contributed by atoms with van der Waals surface area (Å²) in [6, 6.07) is 5.25. The normalized spacial score (nSPS) is 27.6. The molecule has 0 radical (unpaired) electrons. The summed E-state index contributed by atoms with van der Waals surface area (Å²) in [4.78, 5) is 37.3. The van der Waals surface area contributed by atoms with Crippen molar-refractivity contribution in [3.05, 3.63) is 47.8 Å². The third-order valence-corrected chi connectivity index (χ3v) is 10.7. The van der Waals surface area contributed by atoms with Gasteiger partial charge in [0.2, 0.25) is 5.91 Å². The number of aliphatic hydroxyl groups is 1. The van der Waals surface area contributed by atoms with Crippen LogP contribution in [0.15, 0.2) is 41.3 Å². The van der Waals surface area contributed by atoms with E-state index in [2.05, 4.69) is 10.6 Å². The number of methoxy groups -OCH3 is 1. The van der Waals surface area contributed by atoms with Crippen molar-refractivity contribution in [2.75, 3.05) is 12.4 Å². The van der Waals surface area contributed by atoms with Gasteiger partial charge in [-0.05, 0) is 81.0 Å². The Kier molecular flexibility index (Phi) is 8.98. The molecule has 4 unspecified atom stereocenters. The molecule has 16 heteroatoms. The number of hydrogen-bond donors (Lipinski definition) is 4. The zero-order valence-corrected chi connectivity index (χ0v) is 25.3. The van der Waals surface area contributed by atoms with E-state index in [-0.39, 0.29) is 60.3 Å². The fourth-order valence-corrected chi connectivity index (χ4v) is 7.56. The molecule has 0 aliphatic heterocycles. The van der Waals surface area contributed by atoms with Gasteiger partial charge in [-0.25, -0.2) is 17.6 Å². The molecule has 11 nitrogen and oxygen atoms in total. The number of aliphatic carboxylic acids is 1. The maximum absolute atomic E-state index is 15.0. The van der Waals surface area contributed by atoms with Crippen molar-refractivity contribution >= 4 is 33.3 Å². The van der Waals surface area contributed by atoms with Gasteiger partial charge in [0, 0.05) is 17.8 Å². The molecule has 3 fully saturated rings. The Hall–Kier alpha value is -3.92. The van der Waals surface area contributed by atoms with Crippen molar-refractivity contribution in [2.24, 2.45) is 17.8 Å². The first-order valence-electron chi connectivity index (χ1n) is 14.6. The van der Waals surface area contributed by atoms with E-state index in [1.54, 1.807) is 0 Å². The van der Waals surface area contributed by atoms with Crippen LogP contribution in [-0.2, 0) is 19.4 Å². The molecule has 3 saturated carbocycles. The second-order valence-electron chi connectivity index (χ2n) is 12.0. The number of carboxylic acids is 1. The molecular weight excluding hydrogens is 640 g/mol. The first kappa shape index (κ1) is 33.4. The van der Waals surface area contributed by atoms with Crippen LogP contribution in [0.4, 0.5) is 23.2 Å². The number of hydrogen-bond acceptors (Lipinski definition) is 8. The molecule has 4 atom stereocenters. The molecule has 46 heavy (non-hydrogen) atoms. The first-order chi connectivity index (χ1) is 21.5. The predicted octanol–water partition coefficient (Wildman–Crippen LogP) is 4.05. The van der Waals surface area contributed by atoms with Crippen LogP contribution in [0.1, 0.15) is 55.3 Å². The van der Waals surface area contributed by atoms with E-state index in [0.717, 1.165) is 30.3 Å². The lowest BCUT2D eigenvalue weighted by Gasteiger charge is -2.33. The number of rotatable bonds is 9. The number of benzene rings is 2. The van der Waals surface area contributed by atoms with Crippen LogP contribution >= 0.6 is 0 Å². The Morgan fingerprint density at radius 3 is 2.30 bits per heavy atom. The third kappa shape index (κ3) is 6.36. The SMILES string of the molecule is COc1cc(F)c(OC2CCC(O)(C(=O)O)CC2)cc1C(=O)NC1C2CCC(C2)C1C(=O)Nc1cccc(S(=O)(=O)C(F)(F)F)c1. The highest BCUT2D eigenvalue weighted by atomic mass is 32.2. The van der Waals surface area contributed by atoms with Crippen LogP contribution in [0.2, 0.25) is 0 Å². The molecule has 250 valence electrons. The number of carbonyl (C=O) groups is 3. The Morgan fingerprint density at radius 2 is 1.67 bits per heavy atom. The Bertz CT molecular complexity index is 1640. The number of nitrogens with one attached hydrogen (secondary N) is 2. The molecule has 0 heterocycles. The monoisotopic (exact) mass is 672 g/mol. The quantitative estimate of drug-likeness (QED) is 0.287. The minimum atomic E-state index is -5.64. The maximum Gasteiger partial charge on any atom is 0.501 e. The van der Waals surface area contributed by atoms with E-state index >= 15 is 0 Å². The molecular formula is C30H32F4N2O9S. The second-order valence-corrected chi connectivity index (χ2v) is 13.9. The molecule has 5 rings (SSSR count). The lowest BCUT2D eigenvalue weighted by atomic mass is 9.83. The summed E-state index contributed by atoms with van der Waals surface area (Å²) in [7, 11) is -4.41. The zero-order valence-electron chi connectivity index (χ0n) is 24.5. The minimum absolute atomic E-state index is 0.0938. The number of alkyl halides is 3. The largest absolute Gasteiger partial charge is 0.501 e. The van der Waals surface area contributed by atoms with Crippen molar-refractivity contribution < 1.29 is 60.0 Å². The second kappa shape index (κ2) is 12.4. The lowest BCUT2D eigenvalue weighted by Crippen LogP contribution is -2.48. The van der Waals surface area contributed by atoms with Gasteiger partial charge >= 0.3 is 11.5 Å². The van der Waals surface area contributed by atoms with Crippen molar-refractivity contribution in [1.29, 1.82) is 0 Å². The standard InChI is InChI=1S/C30H32F4N2O9S/c1-44-22-14-21(31)23(45-18-7-9-29(41,10-8-18)28(39)40)13-20(22)26(37)36-25-16-6-5-15(11-16)24(25)27(38)35-17-3-2-4-19(12-17)46(42,43)30(32,33)34/h2-4,12-16,18,24-25,41H,5-11H2,1H3,(H,35,38)(H,36,37)(H,39,40). The van der Waals surface area contributed by atoms with Crippen LogP contribution < -0.4 is 20.1 Å². The van der Waals surface area contributed by atoms with Crippen molar-refractivity contribution in [3.63, 3.8) is 0 Å². The number of anilines is 1. The van der Waals surface area contributed by atoms with Crippen LogP contribution in [0.25, 0.3) is 0 Å². The molecule has 2 amide bonds. The molecule has 4 N–H and O–H groups in total. The fourth-order valence-electron chi connectivity index (χ4n) is 6.76. The zero-order chi connectivity index (χ0) is 33.6. The average molecular weight is 673 g/mol. The van der Waals surface area contributed by atoms with Crippen LogP contribution in [0.3, 0.4) is 0 Å². The lowest BCUT2D eigenvalue weighted by molar-refractivity contribution is -0.163. The van der Waals surface area contributed by atoms with Gasteiger partial charge in [-0.15, -0.1) is 0 Å². The van der Waals surface area contributed by atoms with Gasteiger partial charge in [0.15, 0.2) is 17.2 Å². The molecule has 2 bridgehead atoms. The molecule has 2 aromatic rings. The maximum atomic E-state index is 15.0. The predicted molar refractivity (Wildman–Crippen MR) is 152 cm³/mol. The third-order valence-electron chi connectivity index (χ3n) is 9.18. The van der Waals surface area contributed by atoms with Gasteiger partial charge in [-0.2, -0.15) is 13.2 Å². The van der Waals surface area contributed by atoms with E-state index in [0.29, 0.717) is 19.3 Å². The molecule has 3 aliphatic rings. The molecule has 0 spiro atoms. The topological polar surface area (TPSA) is 168 Å². The number of amides is 2. The number of sulfone groups is 1. The first-order valence-corrected chi connectivity index (χ1v) is 16.1. The van der Waals surface area contributed by atoms with E-state index < -0.39 is 67.5 Å². The van der Waals surface area contributed by atoms with Crippen molar-refractivity contribution in [3.8, 4) is 11.5 Å². The van der Waals surface area contributed by atoms with E-state index in [9.17, 15) is 50.6 Å². The molecule has 0 aromatic heterocycles. The summed E-state index contributed by atoms with van der Waals surface area (Å²) < 4.78 is 88.8. The highest BCUT2D eigenvalue weighted by Crippen LogP contribution is 2.49. The summed E-state index contributed by atoms with van der Waals surface area (Å²) in [5.41, 5.74) is -7.67. The summed E-state index contributed by atoms with van der Waals surface area (Å²) in [6.07, 6.45) is 1.41. The number of carboxylic acid groups (broad SMARTS) is 1. The number of halogens is 4. The van der Waals surface area contributed by atoms with Gasteiger partial charge in [0.25, 0.3) is 15.7 Å². The minimum Gasteiger partial charge on any atom is -0.496 e. The highest BCUT2D eigenvalue weighted by Gasteiger charge is 2.52. The molecule has 3 aliphatic carbocycles. The van der Waals surface area contributed by atoms with Gasteiger partial charge in [0.1, 0.15) is 5.75 Å². The summed E-state index contributed by atoms with van der Waals surface area (Å²) >= 11 is 0.